The molecule has 1 amide bonds. The zero-order valence-corrected chi connectivity index (χ0v) is 21.1. The number of rotatable bonds is 10. The molecule has 0 radical (unpaired) electrons. The van der Waals surface area contributed by atoms with Crippen molar-refractivity contribution in [2.75, 3.05) is 51.9 Å². The summed E-state index contributed by atoms with van der Waals surface area (Å²) in [5.74, 6) is 3.71. The average molecular weight is 499 g/mol. The third-order valence-corrected chi connectivity index (χ3v) is 7.91. The van der Waals surface area contributed by atoms with Crippen LogP contribution >= 0.6 is 0 Å². The summed E-state index contributed by atoms with van der Waals surface area (Å²) in [6.45, 7) is 3.71. The number of ether oxygens (including phenoxy) is 3. The van der Waals surface area contributed by atoms with Gasteiger partial charge in [-0.3, -0.25) is 4.79 Å². The van der Waals surface area contributed by atoms with Gasteiger partial charge >= 0.3 is 0 Å². The first-order valence-electron chi connectivity index (χ1n) is 12.9. The second kappa shape index (κ2) is 11.0. The number of likely N-dealkylation sites (tertiary alicyclic amines) is 1. The molecule has 0 spiro atoms. The van der Waals surface area contributed by atoms with Crippen LogP contribution in [0.2, 0.25) is 0 Å². The molecular weight excluding hydrogens is 463 g/mol. The van der Waals surface area contributed by atoms with Crippen LogP contribution in [0.5, 0.6) is 11.5 Å². The maximum Gasteiger partial charge on any atom is 0.227 e. The number of carbonyl (C=O) groups is 1. The Hall–Kier alpha value is -2.94. The van der Waals surface area contributed by atoms with E-state index >= 15 is 0 Å². The number of methoxy groups -OCH3 is 2. The predicted molar refractivity (Wildman–Crippen MR) is 133 cm³/mol. The second-order valence-corrected chi connectivity index (χ2v) is 10.1. The highest BCUT2D eigenvalue weighted by atomic mass is 19.1. The van der Waals surface area contributed by atoms with E-state index in [0.29, 0.717) is 42.7 Å². The number of hydrogen-bond donors (Lipinski definition) is 0. The van der Waals surface area contributed by atoms with Gasteiger partial charge in [0.2, 0.25) is 11.9 Å². The fraction of sp³-hybridized carbons (Fsp3) is 0.593. The molecule has 0 N–H and O–H groups in total. The van der Waals surface area contributed by atoms with Gasteiger partial charge in [0.1, 0.15) is 11.6 Å². The van der Waals surface area contributed by atoms with Crippen LogP contribution in [0.1, 0.15) is 31.2 Å². The molecule has 8 nitrogen and oxygen atoms in total. The molecule has 3 fully saturated rings. The summed E-state index contributed by atoms with van der Waals surface area (Å²) in [6.07, 6.45) is 8.16. The maximum atomic E-state index is 14.5. The standard InChI is InChI=1S/C27H35FN4O4/c1-34-22-14-29-27(30-15-22)31-8-5-18(6-9-31)24-11-19(24)7-10-36-21-4-3-20(25(28)13-21)12-26(33)32-16-23(17-32)35-2/h3-4,13-15,18-19,23-24H,5-12,16-17H2,1-2H3/t19-,24-/m0/s1. The zero-order chi connectivity index (χ0) is 25.1. The van der Waals surface area contributed by atoms with E-state index in [2.05, 4.69) is 14.9 Å². The Labute approximate surface area is 211 Å². The van der Waals surface area contributed by atoms with Crippen LogP contribution in [-0.2, 0) is 16.0 Å². The molecular formula is C27H35FN4O4. The number of piperidine rings is 1. The lowest BCUT2D eigenvalue weighted by Crippen LogP contribution is -2.54. The van der Waals surface area contributed by atoms with Gasteiger partial charge in [-0.25, -0.2) is 14.4 Å². The molecule has 0 unspecified atom stereocenters. The van der Waals surface area contributed by atoms with Crippen LogP contribution in [0, 0.1) is 23.6 Å². The number of halogens is 1. The van der Waals surface area contributed by atoms with Gasteiger partial charge in [0.25, 0.3) is 0 Å². The predicted octanol–water partition coefficient (Wildman–Crippen LogP) is 3.35. The number of hydrogen-bond acceptors (Lipinski definition) is 7. The number of amides is 1. The third kappa shape index (κ3) is 5.72. The van der Waals surface area contributed by atoms with Gasteiger partial charge in [0, 0.05) is 39.4 Å². The smallest absolute Gasteiger partial charge is 0.227 e. The van der Waals surface area contributed by atoms with Crippen LogP contribution in [0.4, 0.5) is 10.3 Å². The molecule has 1 aromatic heterocycles. The Morgan fingerprint density at radius 3 is 2.53 bits per heavy atom. The molecule has 2 aromatic rings. The minimum atomic E-state index is -0.387. The quantitative estimate of drug-likeness (QED) is 0.497. The number of carbonyl (C=O) groups excluding carboxylic acids is 1. The molecule has 2 atom stereocenters. The first kappa shape index (κ1) is 24.7. The maximum absolute atomic E-state index is 14.5. The average Bonchev–Trinajstić information content (AvgIpc) is 3.65. The number of aromatic nitrogens is 2. The van der Waals surface area contributed by atoms with E-state index in [0.717, 1.165) is 50.1 Å². The van der Waals surface area contributed by atoms with E-state index in [4.69, 9.17) is 14.2 Å². The van der Waals surface area contributed by atoms with E-state index in [1.807, 2.05) is 0 Å². The lowest BCUT2D eigenvalue weighted by molar-refractivity contribution is -0.142. The minimum Gasteiger partial charge on any atom is -0.494 e. The molecule has 0 bridgehead atoms. The molecule has 1 saturated carbocycles. The SMILES string of the molecule is COc1cnc(N2CCC([C@@H]3C[C@@H]3CCOc3ccc(CC(=O)N4CC(OC)C4)c(F)c3)CC2)nc1. The van der Waals surface area contributed by atoms with E-state index in [1.165, 1.54) is 12.5 Å². The summed E-state index contributed by atoms with van der Waals surface area (Å²) >= 11 is 0. The third-order valence-electron chi connectivity index (χ3n) is 7.91. The van der Waals surface area contributed by atoms with Crippen LogP contribution in [0.15, 0.2) is 30.6 Å². The van der Waals surface area contributed by atoms with E-state index in [9.17, 15) is 9.18 Å². The molecule has 5 rings (SSSR count). The van der Waals surface area contributed by atoms with Crippen molar-refractivity contribution in [2.24, 2.45) is 17.8 Å². The summed E-state index contributed by atoms with van der Waals surface area (Å²) in [5, 5.41) is 0. The summed E-state index contributed by atoms with van der Waals surface area (Å²) in [7, 11) is 3.25. The van der Waals surface area contributed by atoms with Crippen molar-refractivity contribution in [3.63, 3.8) is 0 Å². The molecule has 2 saturated heterocycles. The van der Waals surface area contributed by atoms with Gasteiger partial charge in [-0.2, -0.15) is 0 Å². The molecule has 2 aliphatic heterocycles. The first-order chi connectivity index (χ1) is 17.5. The summed E-state index contributed by atoms with van der Waals surface area (Å²) in [5.41, 5.74) is 0.404. The van der Waals surface area contributed by atoms with E-state index < -0.39 is 0 Å². The fourth-order valence-corrected chi connectivity index (χ4v) is 5.44. The molecule has 9 heteroatoms. The number of benzene rings is 1. The molecule has 194 valence electrons. The van der Waals surface area contributed by atoms with Gasteiger partial charge in [0.15, 0.2) is 5.75 Å². The topological polar surface area (TPSA) is 77.0 Å². The Morgan fingerprint density at radius 1 is 1.11 bits per heavy atom. The molecule has 36 heavy (non-hydrogen) atoms. The van der Waals surface area contributed by atoms with Crippen molar-refractivity contribution in [3.05, 3.63) is 42.0 Å². The lowest BCUT2D eigenvalue weighted by atomic mass is 9.90. The molecule has 3 heterocycles. The van der Waals surface area contributed by atoms with Crippen molar-refractivity contribution in [1.82, 2.24) is 14.9 Å². The van der Waals surface area contributed by atoms with Gasteiger partial charge in [-0.1, -0.05) is 6.07 Å². The Bertz CT molecular complexity index is 1040. The molecule has 1 aliphatic carbocycles. The van der Waals surface area contributed by atoms with Crippen molar-refractivity contribution >= 4 is 11.9 Å². The van der Waals surface area contributed by atoms with Crippen LogP contribution < -0.4 is 14.4 Å². The second-order valence-electron chi connectivity index (χ2n) is 10.1. The highest BCUT2D eigenvalue weighted by Gasteiger charge is 2.43. The van der Waals surface area contributed by atoms with Crippen LogP contribution in [0.3, 0.4) is 0 Å². The largest absolute Gasteiger partial charge is 0.494 e. The van der Waals surface area contributed by atoms with Gasteiger partial charge in [-0.15, -0.1) is 0 Å². The van der Waals surface area contributed by atoms with E-state index in [-0.39, 0.29) is 24.2 Å². The van der Waals surface area contributed by atoms with E-state index in [1.54, 1.807) is 43.6 Å². The Kier molecular flexibility index (Phi) is 7.55. The summed E-state index contributed by atoms with van der Waals surface area (Å²) in [4.78, 5) is 25.1. The Balaban J connectivity index is 1.01. The number of nitrogens with zero attached hydrogens (tertiary/aromatic N) is 4. The molecule has 3 aliphatic rings. The van der Waals surface area contributed by atoms with Crippen molar-refractivity contribution in [3.8, 4) is 11.5 Å². The fourth-order valence-electron chi connectivity index (χ4n) is 5.44. The normalized spacial score (nSPS) is 22.3. The monoisotopic (exact) mass is 498 g/mol. The highest BCUT2D eigenvalue weighted by Crippen LogP contribution is 2.49. The van der Waals surface area contributed by atoms with Gasteiger partial charge in [-0.05, 0) is 55.1 Å². The summed E-state index contributed by atoms with van der Waals surface area (Å²) in [6, 6.07) is 4.83. The van der Waals surface area contributed by atoms with Gasteiger partial charge in [0.05, 0.1) is 38.6 Å². The first-order valence-corrected chi connectivity index (χ1v) is 12.9. The van der Waals surface area contributed by atoms with Crippen molar-refractivity contribution in [2.45, 2.75) is 38.2 Å². The number of anilines is 1. The highest BCUT2D eigenvalue weighted by molar-refractivity contribution is 5.79. The lowest BCUT2D eigenvalue weighted by Gasteiger charge is -2.38. The zero-order valence-electron chi connectivity index (χ0n) is 21.1. The van der Waals surface area contributed by atoms with Gasteiger partial charge < -0.3 is 24.0 Å². The summed E-state index contributed by atoms with van der Waals surface area (Å²) < 4.78 is 30.7. The molecule has 1 aromatic carbocycles. The van der Waals surface area contributed by atoms with Crippen LogP contribution in [0.25, 0.3) is 0 Å². The Morgan fingerprint density at radius 2 is 1.86 bits per heavy atom. The van der Waals surface area contributed by atoms with Crippen LogP contribution in [-0.4, -0.2) is 73.9 Å². The minimum absolute atomic E-state index is 0.0652. The van der Waals surface area contributed by atoms with Crippen molar-refractivity contribution < 1.29 is 23.4 Å². The van der Waals surface area contributed by atoms with Crippen molar-refractivity contribution in [1.29, 1.82) is 0 Å².